The van der Waals surface area contributed by atoms with E-state index in [1.807, 2.05) is 63.2 Å². The molecule has 28 heavy (non-hydrogen) atoms. The van der Waals surface area contributed by atoms with Crippen molar-refractivity contribution in [2.45, 2.75) is 40.3 Å². The number of rotatable bonds is 7. The van der Waals surface area contributed by atoms with Crippen molar-refractivity contribution in [3.8, 4) is 17.1 Å². The zero-order valence-corrected chi connectivity index (χ0v) is 16.8. The summed E-state index contributed by atoms with van der Waals surface area (Å²) in [4.78, 5) is 14.6. The van der Waals surface area contributed by atoms with Crippen molar-refractivity contribution in [1.82, 2.24) is 10.1 Å². The van der Waals surface area contributed by atoms with E-state index in [-0.39, 0.29) is 11.3 Å². The number of carbonyl (C=O) groups excluding carboxylic acids is 1. The van der Waals surface area contributed by atoms with Gasteiger partial charge in [-0.2, -0.15) is 0 Å². The molecule has 148 valence electrons. The highest BCUT2D eigenvalue weighted by atomic mass is 16.5. The van der Waals surface area contributed by atoms with Gasteiger partial charge in [-0.1, -0.05) is 38.1 Å². The zero-order chi connectivity index (χ0) is 20.1. The van der Waals surface area contributed by atoms with E-state index in [0.717, 1.165) is 11.3 Å². The number of nitrogens with zero attached hydrogens (tertiary/aromatic N) is 2. The summed E-state index contributed by atoms with van der Waals surface area (Å²) in [6, 6.07) is 13.1. The molecular formula is C22H26N2O4. The van der Waals surface area contributed by atoms with Crippen LogP contribution in [0.25, 0.3) is 11.3 Å². The third kappa shape index (κ3) is 5.03. The minimum atomic E-state index is -0.106. The molecule has 0 N–H and O–H groups in total. The van der Waals surface area contributed by atoms with Crippen LogP contribution >= 0.6 is 0 Å². The third-order valence-electron chi connectivity index (χ3n) is 4.25. The van der Waals surface area contributed by atoms with E-state index < -0.39 is 0 Å². The molecule has 2 aromatic heterocycles. The first-order chi connectivity index (χ1) is 13.4. The Labute approximate surface area is 165 Å². The molecule has 0 aliphatic heterocycles. The van der Waals surface area contributed by atoms with Crippen molar-refractivity contribution >= 4 is 5.91 Å². The molecule has 1 aromatic carbocycles. The summed E-state index contributed by atoms with van der Waals surface area (Å²) in [5.74, 6) is 2.09. The minimum Gasteiger partial charge on any atom is -0.496 e. The second-order valence-corrected chi connectivity index (χ2v) is 7.95. The number of furan rings is 1. The maximum Gasteiger partial charge on any atom is 0.223 e. The average Bonchev–Trinajstić information content (AvgIpc) is 3.31. The van der Waals surface area contributed by atoms with Gasteiger partial charge in [0.1, 0.15) is 17.2 Å². The van der Waals surface area contributed by atoms with Gasteiger partial charge in [0.25, 0.3) is 0 Å². The summed E-state index contributed by atoms with van der Waals surface area (Å²) in [6.45, 7) is 6.87. The standard InChI is InChI=1S/C22H26N2O4/c1-22(2,3)13-21(25)24(15-17-8-7-11-27-17)14-16-12-20(28-23-16)18-9-5-6-10-19(18)26-4/h5-12H,13-15H2,1-4H3. The summed E-state index contributed by atoms with van der Waals surface area (Å²) in [7, 11) is 1.62. The van der Waals surface area contributed by atoms with E-state index in [1.165, 1.54) is 0 Å². The molecule has 0 spiro atoms. The van der Waals surface area contributed by atoms with E-state index in [2.05, 4.69) is 5.16 Å². The highest BCUT2D eigenvalue weighted by Gasteiger charge is 2.23. The molecule has 2 heterocycles. The molecule has 0 bridgehead atoms. The number of methoxy groups -OCH3 is 1. The van der Waals surface area contributed by atoms with Gasteiger partial charge in [-0.3, -0.25) is 4.79 Å². The minimum absolute atomic E-state index is 0.0470. The maximum absolute atomic E-state index is 12.9. The molecule has 3 aromatic rings. The zero-order valence-electron chi connectivity index (χ0n) is 16.8. The van der Waals surface area contributed by atoms with E-state index in [0.29, 0.717) is 36.7 Å². The summed E-state index contributed by atoms with van der Waals surface area (Å²) in [6.07, 6.45) is 2.04. The quantitative estimate of drug-likeness (QED) is 0.581. The fourth-order valence-electron chi connectivity index (χ4n) is 2.95. The average molecular weight is 382 g/mol. The molecule has 0 aliphatic carbocycles. The normalized spacial score (nSPS) is 11.4. The maximum atomic E-state index is 12.9. The van der Waals surface area contributed by atoms with Crippen molar-refractivity contribution in [3.05, 3.63) is 60.2 Å². The lowest BCUT2D eigenvalue weighted by molar-refractivity contribution is -0.134. The molecule has 1 amide bonds. The van der Waals surface area contributed by atoms with Crippen molar-refractivity contribution in [2.24, 2.45) is 5.41 Å². The Balaban J connectivity index is 1.80. The molecule has 0 fully saturated rings. The fraction of sp³-hybridized carbons (Fsp3) is 0.364. The topological polar surface area (TPSA) is 68.7 Å². The second kappa shape index (κ2) is 8.33. The number of hydrogen-bond donors (Lipinski definition) is 0. The third-order valence-corrected chi connectivity index (χ3v) is 4.25. The van der Waals surface area contributed by atoms with Crippen molar-refractivity contribution in [2.75, 3.05) is 7.11 Å². The highest BCUT2D eigenvalue weighted by molar-refractivity contribution is 5.76. The highest BCUT2D eigenvalue weighted by Crippen LogP contribution is 2.30. The number of aromatic nitrogens is 1. The van der Waals surface area contributed by atoms with E-state index in [4.69, 9.17) is 13.7 Å². The number of ether oxygens (including phenoxy) is 1. The van der Waals surface area contributed by atoms with Crippen LogP contribution in [0.3, 0.4) is 0 Å². The molecule has 6 nitrogen and oxygen atoms in total. The largest absolute Gasteiger partial charge is 0.496 e. The number of para-hydroxylation sites is 1. The van der Waals surface area contributed by atoms with Gasteiger partial charge in [0, 0.05) is 12.5 Å². The van der Waals surface area contributed by atoms with Gasteiger partial charge in [-0.15, -0.1) is 0 Å². The molecule has 0 radical (unpaired) electrons. The van der Waals surface area contributed by atoms with Crippen LogP contribution in [-0.4, -0.2) is 23.1 Å². The summed E-state index contributed by atoms with van der Waals surface area (Å²) in [5, 5.41) is 4.16. The number of amides is 1. The van der Waals surface area contributed by atoms with Gasteiger partial charge >= 0.3 is 0 Å². The van der Waals surface area contributed by atoms with Crippen LogP contribution in [0.5, 0.6) is 5.75 Å². The SMILES string of the molecule is COc1ccccc1-c1cc(CN(Cc2ccco2)C(=O)CC(C)(C)C)no1. The Morgan fingerprint density at radius 1 is 1.14 bits per heavy atom. The van der Waals surface area contributed by atoms with Crippen molar-refractivity contribution in [1.29, 1.82) is 0 Å². The first kappa shape index (κ1) is 19.7. The van der Waals surface area contributed by atoms with Gasteiger partial charge in [-0.05, 0) is 29.7 Å². The molecule has 0 saturated heterocycles. The summed E-state index contributed by atoms with van der Waals surface area (Å²) >= 11 is 0. The number of carbonyl (C=O) groups is 1. The molecule has 0 unspecified atom stereocenters. The van der Waals surface area contributed by atoms with Gasteiger partial charge in [-0.25, -0.2) is 0 Å². The first-order valence-electron chi connectivity index (χ1n) is 9.25. The van der Waals surface area contributed by atoms with Crippen LogP contribution < -0.4 is 4.74 Å². The monoisotopic (exact) mass is 382 g/mol. The van der Waals surface area contributed by atoms with E-state index in [9.17, 15) is 4.79 Å². The molecule has 0 atom stereocenters. The molecule has 0 saturated carbocycles. The van der Waals surface area contributed by atoms with Crippen LogP contribution in [0.15, 0.2) is 57.7 Å². The van der Waals surface area contributed by atoms with Gasteiger partial charge in [0.15, 0.2) is 5.76 Å². The van der Waals surface area contributed by atoms with Gasteiger partial charge in [0.2, 0.25) is 5.91 Å². The summed E-state index contributed by atoms with van der Waals surface area (Å²) < 4.78 is 16.3. The smallest absolute Gasteiger partial charge is 0.223 e. The molecule has 6 heteroatoms. The first-order valence-corrected chi connectivity index (χ1v) is 9.25. The Hall–Kier alpha value is -3.02. The summed E-state index contributed by atoms with van der Waals surface area (Å²) in [5.41, 5.74) is 1.39. The predicted octanol–water partition coefficient (Wildman–Crippen LogP) is 4.91. The van der Waals surface area contributed by atoms with Crippen molar-refractivity contribution < 1.29 is 18.5 Å². The molecule has 3 rings (SSSR count). The van der Waals surface area contributed by atoms with Gasteiger partial charge < -0.3 is 18.6 Å². The van der Waals surface area contributed by atoms with Crippen LogP contribution in [0, 0.1) is 5.41 Å². The Morgan fingerprint density at radius 2 is 1.93 bits per heavy atom. The number of benzene rings is 1. The molecule has 0 aliphatic rings. The Morgan fingerprint density at radius 3 is 2.61 bits per heavy atom. The van der Waals surface area contributed by atoms with Gasteiger partial charge in [0.05, 0.1) is 32.0 Å². The fourth-order valence-corrected chi connectivity index (χ4v) is 2.95. The lowest BCUT2D eigenvalue weighted by Crippen LogP contribution is -2.32. The lowest BCUT2D eigenvalue weighted by Gasteiger charge is -2.25. The van der Waals surface area contributed by atoms with Crippen LogP contribution in [0.4, 0.5) is 0 Å². The van der Waals surface area contributed by atoms with Crippen LogP contribution in [-0.2, 0) is 17.9 Å². The lowest BCUT2D eigenvalue weighted by atomic mass is 9.91. The van der Waals surface area contributed by atoms with Crippen LogP contribution in [0.1, 0.15) is 38.6 Å². The Bertz CT molecular complexity index is 907. The van der Waals surface area contributed by atoms with Crippen LogP contribution in [0.2, 0.25) is 0 Å². The second-order valence-electron chi connectivity index (χ2n) is 7.95. The number of hydrogen-bond acceptors (Lipinski definition) is 5. The van der Waals surface area contributed by atoms with E-state index >= 15 is 0 Å². The van der Waals surface area contributed by atoms with E-state index in [1.54, 1.807) is 18.3 Å². The predicted molar refractivity (Wildman–Crippen MR) is 106 cm³/mol. The molecular weight excluding hydrogens is 356 g/mol. The Kier molecular flexibility index (Phi) is 5.87. The van der Waals surface area contributed by atoms with Crippen molar-refractivity contribution in [3.63, 3.8) is 0 Å².